The van der Waals surface area contributed by atoms with E-state index in [9.17, 15) is 9.50 Å². The van der Waals surface area contributed by atoms with E-state index in [1.54, 1.807) is 38.5 Å². The van der Waals surface area contributed by atoms with Crippen molar-refractivity contribution in [2.24, 2.45) is 0 Å². The summed E-state index contributed by atoms with van der Waals surface area (Å²) in [5, 5.41) is 10.4. The number of aryl methyl sites for hydroxylation is 1. The van der Waals surface area contributed by atoms with Gasteiger partial charge in [0.15, 0.2) is 0 Å². The van der Waals surface area contributed by atoms with Crippen molar-refractivity contribution in [1.29, 1.82) is 0 Å². The van der Waals surface area contributed by atoms with E-state index in [4.69, 9.17) is 9.47 Å². The van der Waals surface area contributed by atoms with E-state index in [2.05, 4.69) is 0 Å². The topological polar surface area (TPSA) is 38.7 Å². The third kappa shape index (κ3) is 3.73. The highest BCUT2D eigenvalue weighted by atomic mass is 19.1. The molecule has 0 aliphatic rings. The summed E-state index contributed by atoms with van der Waals surface area (Å²) in [5.41, 5.74) is 2.41. The number of aliphatic hydroxyl groups is 1. The standard InChI is InChI=1S/C17H19FO3/c1-11-4-5-14(18)6-12(11)9-17(19)13-7-15(20-2)10-16(8-13)21-3/h4-8,10,17,19H,9H2,1-3H3. The molecular formula is C17H19FO3. The van der Waals surface area contributed by atoms with Crippen LogP contribution in [0.1, 0.15) is 22.8 Å². The smallest absolute Gasteiger partial charge is 0.123 e. The minimum Gasteiger partial charge on any atom is -0.497 e. The summed E-state index contributed by atoms with van der Waals surface area (Å²) >= 11 is 0. The number of hydrogen-bond donors (Lipinski definition) is 1. The van der Waals surface area contributed by atoms with Crippen molar-refractivity contribution in [3.05, 3.63) is 58.9 Å². The van der Waals surface area contributed by atoms with Gasteiger partial charge in [0.25, 0.3) is 0 Å². The molecule has 4 heteroatoms. The molecule has 21 heavy (non-hydrogen) atoms. The Morgan fingerprint density at radius 1 is 1.05 bits per heavy atom. The van der Waals surface area contributed by atoms with Crippen LogP contribution in [-0.2, 0) is 6.42 Å². The fourth-order valence-corrected chi connectivity index (χ4v) is 2.21. The zero-order valence-electron chi connectivity index (χ0n) is 12.4. The van der Waals surface area contributed by atoms with Crippen LogP contribution in [0.15, 0.2) is 36.4 Å². The molecule has 0 heterocycles. The van der Waals surface area contributed by atoms with Gasteiger partial charge in [-0.2, -0.15) is 0 Å². The first kappa shape index (κ1) is 15.3. The Labute approximate surface area is 124 Å². The molecule has 0 aliphatic carbocycles. The monoisotopic (exact) mass is 290 g/mol. The number of benzene rings is 2. The van der Waals surface area contributed by atoms with E-state index in [1.807, 2.05) is 6.92 Å². The molecule has 0 radical (unpaired) electrons. The molecule has 0 saturated carbocycles. The Morgan fingerprint density at radius 3 is 2.24 bits per heavy atom. The van der Waals surface area contributed by atoms with E-state index < -0.39 is 6.10 Å². The fourth-order valence-electron chi connectivity index (χ4n) is 2.21. The Morgan fingerprint density at radius 2 is 1.67 bits per heavy atom. The van der Waals surface area contributed by atoms with Gasteiger partial charge >= 0.3 is 0 Å². The lowest BCUT2D eigenvalue weighted by atomic mass is 9.98. The summed E-state index contributed by atoms with van der Waals surface area (Å²) in [6.45, 7) is 1.90. The van der Waals surface area contributed by atoms with Crippen molar-refractivity contribution in [3.63, 3.8) is 0 Å². The molecule has 0 bridgehead atoms. The zero-order chi connectivity index (χ0) is 15.4. The van der Waals surface area contributed by atoms with Crippen molar-refractivity contribution >= 4 is 0 Å². The minimum atomic E-state index is -0.755. The van der Waals surface area contributed by atoms with Gasteiger partial charge in [0, 0.05) is 12.5 Å². The van der Waals surface area contributed by atoms with E-state index in [0.29, 0.717) is 23.5 Å². The summed E-state index contributed by atoms with van der Waals surface area (Å²) in [6, 6.07) is 9.83. The number of aliphatic hydroxyl groups excluding tert-OH is 1. The fraction of sp³-hybridized carbons (Fsp3) is 0.294. The van der Waals surface area contributed by atoms with Crippen LogP contribution in [0.5, 0.6) is 11.5 Å². The van der Waals surface area contributed by atoms with Crippen LogP contribution >= 0.6 is 0 Å². The Bertz CT molecular complexity index is 603. The molecule has 2 rings (SSSR count). The molecule has 0 saturated heterocycles. The molecule has 3 nitrogen and oxygen atoms in total. The van der Waals surface area contributed by atoms with Gasteiger partial charge in [-0.25, -0.2) is 4.39 Å². The molecule has 0 aliphatic heterocycles. The van der Waals surface area contributed by atoms with E-state index in [-0.39, 0.29) is 5.82 Å². The van der Waals surface area contributed by atoms with Crippen LogP contribution in [0.25, 0.3) is 0 Å². The van der Waals surface area contributed by atoms with E-state index in [0.717, 1.165) is 11.1 Å². The second-order valence-corrected chi connectivity index (χ2v) is 4.94. The van der Waals surface area contributed by atoms with E-state index in [1.165, 1.54) is 12.1 Å². The van der Waals surface area contributed by atoms with Gasteiger partial charge < -0.3 is 14.6 Å². The molecule has 0 fully saturated rings. The second kappa shape index (κ2) is 6.59. The predicted molar refractivity (Wildman–Crippen MR) is 79.3 cm³/mol. The molecule has 0 spiro atoms. The highest BCUT2D eigenvalue weighted by Gasteiger charge is 2.13. The van der Waals surface area contributed by atoms with Gasteiger partial charge in [-0.05, 0) is 47.9 Å². The molecule has 1 N–H and O–H groups in total. The lowest BCUT2D eigenvalue weighted by molar-refractivity contribution is 0.177. The van der Waals surface area contributed by atoms with Gasteiger partial charge in [-0.3, -0.25) is 0 Å². The maximum Gasteiger partial charge on any atom is 0.123 e. The van der Waals surface area contributed by atoms with Crippen LogP contribution in [0.3, 0.4) is 0 Å². The van der Waals surface area contributed by atoms with Crippen molar-refractivity contribution in [1.82, 2.24) is 0 Å². The quantitative estimate of drug-likeness (QED) is 0.917. The first-order chi connectivity index (χ1) is 10.0. The molecule has 2 aromatic rings. The predicted octanol–water partition coefficient (Wildman–Crippen LogP) is 3.43. The zero-order valence-corrected chi connectivity index (χ0v) is 12.4. The van der Waals surface area contributed by atoms with Crippen LogP contribution in [0.2, 0.25) is 0 Å². The summed E-state index contributed by atoms with van der Waals surface area (Å²) in [6.07, 6.45) is -0.422. The average Bonchev–Trinajstić information content (AvgIpc) is 2.50. The van der Waals surface area contributed by atoms with Gasteiger partial charge in [0.1, 0.15) is 17.3 Å². The summed E-state index contributed by atoms with van der Waals surface area (Å²) in [7, 11) is 3.11. The Hall–Kier alpha value is -2.07. The normalized spacial score (nSPS) is 12.0. The Kier molecular flexibility index (Phi) is 4.81. The van der Waals surface area contributed by atoms with E-state index >= 15 is 0 Å². The van der Waals surface area contributed by atoms with Crippen molar-refractivity contribution in [2.45, 2.75) is 19.4 Å². The molecule has 112 valence electrons. The SMILES string of the molecule is COc1cc(OC)cc(C(O)Cc2cc(F)ccc2C)c1. The average molecular weight is 290 g/mol. The number of hydrogen-bond acceptors (Lipinski definition) is 3. The van der Waals surface area contributed by atoms with Gasteiger partial charge in [0.2, 0.25) is 0 Å². The highest BCUT2D eigenvalue weighted by Crippen LogP contribution is 2.28. The molecule has 0 amide bonds. The molecular weight excluding hydrogens is 271 g/mol. The number of halogens is 1. The first-order valence-corrected chi connectivity index (χ1v) is 6.69. The van der Waals surface area contributed by atoms with Crippen molar-refractivity contribution in [2.75, 3.05) is 14.2 Å². The molecule has 1 unspecified atom stereocenters. The summed E-state index contributed by atoms with van der Waals surface area (Å²) in [4.78, 5) is 0. The highest BCUT2D eigenvalue weighted by molar-refractivity contribution is 5.40. The lowest BCUT2D eigenvalue weighted by Crippen LogP contribution is -2.04. The van der Waals surface area contributed by atoms with Crippen molar-refractivity contribution in [3.8, 4) is 11.5 Å². The number of methoxy groups -OCH3 is 2. The number of rotatable bonds is 5. The first-order valence-electron chi connectivity index (χ1n) is 6.69. The third-order valence-corrected chi connectivity index (χ3v) is 3.48. The largest absolute Gasteiger partial charge is 0.497 e. The lowest BCUT2D eigenvalue weighted by Gasteiger charge is -2.15. The summed E-state index contributed by atoms with van der Waals surface area (Å²) in [5.74, 6) is 0.921. The maximum absolute atomic E-state index is 13.3. The second-order valence-electron chi connectivity index (χ2n) is 4.94. The maximum atomic E-state index is 13.3. The number of ether oxygens (including phenoxy) is 2. The molecule has 0 aromatic heterocycles. The van der Waals surface area contributed by atoms with Crippen LogP contribution in [-0.4, -0.2) is 19.3 Å². The van der Waals surface area contributed by atoms with Gasteiger partial charge in [-0.15, -0.1) is 0 Å². The molecule has 2 aromatic carbocycles. The van der Waals surface area contributed by atoms with Crippen LogP contribution in [0, 0.1) is 12.7 Å². The summed E-state index contributed by atoms with van der Waals surface area (Å²) < 4.78 is 23.7. The van der Waals surface area contributed by atoms with Gasteiger partial charge in [-0.1, -0.05) is 6.07 Å². The van der Waals surface area contributed by atoms with Crippen LogP contribution in [0.4, 0.5) is 4.39 Å². The third-order valence-electron chi connectivity index (χ3n) is 3.48. The van der Waals surface area contributed by atoms with Gasteiger partial charge in [0.05, 0.1) is 20.3 Å². The minimum absolute atomic E-state index is 0.300. The van der Waals surface area contributed by atoms with Crippen LogP contribution < -0.4 is 9.47 Å². The molecule has 1 atom stereocenters. The van der Waals surface area contributed by atoms with Crippen molar-refractivity contribution < 1.29 is 19.0 Å². The Balaban J connectivity index is 2.27.